The minimum Gasteiger partial charge on any atom is -0.399 e. The lowest BCUT2D eigenvalue weighted by molar-refractivity contribution is 0.444. The maximum Gasteiger partial charge on any atom is 0.0316 e. The molecule has 1 aromatic carbocycles. The summed E-state index contributed by atoms with van der Waals surface area (Å²) in [6, 6.07) is 8.38. The van der Waals surface area contributed by atoms with Gasteiger partial charge in [0.15, 0.2) is 0 Å². The van der Waals surface area contributed by atoms with E-state index < -0.39 is 0 Å². The van der Waals surface area contributed by atoms with Gasteiger partial charge in [-0.05, 0) is 36.5 Å². The lowest BCUT2D eigenvalue weighted by Gasteiger charge is -2.22. The molecule has 1 aliphatic rings. The summed E-state index contributed by atoms with van der Waals surface area (Å²) in [6.45, 7) is 0. The zero-order chi connectivity index (χ0) is 9.10. The highest BCUT2D eigenvalue weighted by atomic mass is 14.5. The van der Waals surface area contributed by atoms with Crippen LogP contribution in [0.15, 0.2) is 24.3 Å². The minimum atomic E-state index is 0.775. The molecule has 1 aliphatic carbocycles. The van der Waals surface area contributed by atoms with Gasteiger partial charge in [-0.25, -0.2) is 0 Å². The van der Waals surface area contributed by atoms with Gasteiger partial charge in [-0.15, -0.1) is 0 Å². The Labute approximate surface area is 80.0 Å². The Kier molecular flexibility index (Phi) is 2.53. The molecule has 0 aliphatic heterocycles. The van der Waals surface area contributed by atoms with Crippen molar-refractivity contribution in [3.63, 3.8) is 0 Å². The Morgan fingerprint density at radius 3 is 2.54 bits per heavy atom. The molecule has 0 spiro atoms. The van der Waals surface area contributed by atoms with Gasteiger partial charge >= 0.3 is 0 Å². The summed E-state index contributed by atoms with van der Waals surface area (Å²) in [5, 5.41) is 0. The van der Waals surface area contributed by atoms with Crippen LogP contribution in [0.3, 0.4) is 0 Å². The Morgan fingerprint density at radius 2 is 1.85 bits per heavy atom. The van der Waals surface area contributed by atoms with E-state index in [0.717, 1.165) is 11.6 Å². The van der Waals surface area contributed by atoms with E-state index in [4.69, 9.17) is 5.73 Å². The number of hydrogen-bond acceptors (Lipinski definition) is 1. The molecule has 0 bridgehead atoms. The monoisotopic (exact) mass is 175 g/mol. The minimum absolute atomic E-state index is 0.775. The van der Waals surface area contributed by atoms with Crippen molar-refractivity contribution < 1.29 is 0 Å². The van der Waals surface area contributed by atoms with Gasteiger partial charge in [0.1, 0.15) is 0 Å². The van der Waals surface area contributed by atoms with Gasteiger partial charge in [-0.3, -0.25) is 0 Å². The zero-order valence-electron chi connectivity index (χ0n) is 8.00. The summed E-state index contributed by atoms with van der Waals surface area (Å²) in [6.07, 6.45) is 6.89. The van der Waals surface area contributed by atoms with Crippen LogP contribution < -0.4 is 5.73 Å². The van der Waals surface area contributed by atoms with Gasteiger partial charge in [0.05, 0.1) is 0 Å². The Hall–Kier alpha value is -0.980. The quantitative estimate of drug-likeness (QED) is 0.651. The predicted molar refractivity (Wildman–Crippen MR) is 56.7 cm³/mol. The summed E-state index contributed by atoms with van der Waals surface area (Å²) in [4.78, 5) is 0. The number of rotatable bonds is 1. The normalized spacial score (nSPS) is 18.8. The smallest absolute Gasteiger partial charge is 0.0316 e. The highest BCUT2D eigenvalue weighted by Gasteiger charge is 2.14. The lowest BCUT2D eigenvalue weighted by Crippen LogP contribution is -2.04. The van der Waals surface area contributed by atoms with Crippen molar-refractivity contribution in [2.75, 3.05) is 5.73 Å². The van der Waals surface area contributed by atoms with Crippen molar-refractivity contribution in [2.24, 2.45) is 0 Å². The molecule has 1 saturated carbocycles. The fraction of sp³-hybridized carbons (Fsp3) is 0.500. The molecule has 13 heavy (non-hydrogen) atoms. The predicted octanol–water partition coefficient (Wildman–Crippen LogP) is 3.32. The second-order valence-electron chi connectivity index (χ2n) is 4.01. The van der Waals surface area contributed by atoms with E-state index in [1.54, 1.807) is 0 Å². The van der Waals surface area contributed by atoms with Crippen LogP contribution in [-0.2, 0) is 0 Å². The van der Waals surface area contributed by atoms with Crippen molar-refractivity contribution in [1.29, 1.82) is 0 Å². The molecule has 70 valence electrons. The van der Waals surface area contributed by atoms with Gasteiger partial charge < -0.3 is 5.73 Å². The van der Waals surface area contributed by atoms with Gasteiger partial charge in [0.2, 0.25) is 0 Å². The molecule has 0 radical (unpaired) electrons. The van der Waals surface area contributed by atoms with E-state index >= 15 is 0 Å². The van der Waals surface area contributed by atoms with Crippen LogP contribution >= 0.6 is 0 Å². The number of benzene rings is 1. The standard InChI is InChI=1S/C12H17N/c13-12-8-4-7-11(9-12)10-5-2-1-3-6-10/h4,7-10H,1-3,5-6,13H2. The molecule has 0 aromatic heterocycles. The topological polar surface area (TPSA) is 26.0 Å². The largest absolute Gasteiger partial charge is 0.399 e. The summed E-state index contributed by atoms with van der Waals surface area (Å²) in [5.74, 6) is 0.775. The van der Waals surface area contributed by atoms with Crippen LogP contribution in [0.5, 0.6) is 0 Å². The van der Waals surface area contributed by atoms with Crippen molar-refractivity contribution in [2.45, 2.75) is 38.0 Å². The van der Waals surface area contributed by atoms with Gasteiger partial charge in [0.25, 0.3) is 0 Å². The van der Waals surface area contributed by atoms with E-state index in [-0.39, 0.29) is 0 Å². The summed E-state index contributed by atoms with van der Waals surface area (Å²) in [7, 11) is 0. The molecule has 0 heterocycles. The van der Waals surface area contributed by atoms with Crippen LogP contribution in [-0.4, -0.2) is 0 Å². The first kappa shape index (κ1) is 8.61. The van der Waals surface area contributed by atoms with E-state index in [0.29, 0.717) is 0 Å². The molecule has 1 fully saturated rings. The zero-order valence-corrected chi connectivity index (χ0v) is 8.00. The molecule has 2 rings (SSSR count). The number of nitrogen functional groups attached to an aromatic ring is 1. The third-order valence-electron chi connectivity index (χ3n) is 2.99. The maximum absolute atomic E-state index is 5.77. The molecule has 1 nitrogen and oxygen atoms in total. The highest BCUT2D eigenvalue weighted by Crippen LogP contribution is 2.32. The van der Waals surface area contributed by atoms with Crippen molar-refractivity contribution >= 4 is 5.69 Å². The molecule has 0 saturated heterocycles. The summed E-state index contributed by atoms with van der Waals surface area (Å²) in [5.41, 5.74) is 8.12. The number of anilines is 1. The third kappa shape index (κ3) is 2.03. The van der Waals surface area contributed by atoms with Gasteiger partial charge in [-0.2, -0.15) is 0 Å². The van der Waals surface area contributed by atoms with Gasteiger partial charge in [-0.1, -0.05) is 31.4 Å². The SMILES string of the molecule is Nc1cccc(C2CCCCC2)c1. The lowest BCUT2D eigenvalue weighted by atomic mass is 9.84. The maximum atomic E-state index is 5.77. The summed E-state index contributed by atoms with van der Waals surface area (Å²) < 4.78 is 0. The van der Waals surface area contributed by atoms with E-state index in [1.807, 2.05) is 6.07 Å². The molecule has 1 heteroatoms. The van der Waals surface area contributed by atoms with Crippen molar-refractivity contribution in [1.82, 2.24) is 0 Å². The molecule has 2 N–H and O–H groups in total. The van der Waals surface area contributed by atoms with Crippen LogP contribution in [0.25, 0.3) is 0 Å². The van der Waals surface area contributed by atoms with Crippen LogP contribution in [0, 0.1) is 0 Å². The molecular weight excluding hydrogens is 158 g/mol. The van der Waals surface area contributed by atoms with Crippen LogP contribution in [0.1, 0.15) is 43.6 Å². The molecule has 0 atom stereocenters. The highest BCUT2D eigenvalue weighted by molar-refractivity contribution is 5.41. The fourth-order valence-electron chi connectivity index (χ4n) is 2.25. The Bertz CT molecular complexity index is 274. The first-order valence-electron chi connectivity index (χ1n) is 5.22. The van der Waals surface area contributed by atoms with E-state index in [9.17, 15) is 0 Å². The third-order valence-corrected chi connectivity index (χ3v) is 2.99. The Morgan fingerprint density at radius 1 is 1.08 bits per heavy atom. The van der Waals surface area contributed by atoms with Gasteiger partial charge in [0, 0.05) is 5.69 Å². The first-order chi connectivity index (χ1) is 6.36. The molecule has 1 aromatic rings. The average molecular weight is 175 g/mol. The van der Waals surface area contributed by atoms with Crippen molar-refractivity contribution in [3.8, 4) is 0 Å². The molecule has 0 amide bonds. The van der Waals surface area contributed by atoms with Crippen LogP contribution in [0.2, 0.25) is 0 Å². The van der Waals surface area contributed by atoms with E-state index in [2.05, 4.69) is 18.2 Å². The fourth-order valence-corrected chi connectivity index (χ4v) is 2.25. The number of nitrogens with two attached hydrogens (primary N) is 1. The second-order valence-corrected chi connectivity index (χ2v) is 4.01. The summed E-state index contributed by atoms with van der Waals surface area (Å²) >= 11 is 0. The van der Waals surface area contributed by atoms with Crippen molar-refractivity contribution in [3.05, 3.63) is 29.8 Å². The molecular formula is C12H17N. The average Bonchev–Trinajstić information content (AvgIpc) is 2.19. The van der Waals surface area contributed by atoms with E-state index in [1.165, 1.54) is 37.7 Å². The molecule has 0 unspecified atom stereocenters. The number of hydrogen-bond donors (Lipinski definition) is 1. The van der Waals surface area contributed by atoms with Crippen LogP contribution in [0.4, 0.5) is 5.69 Å². The second kappa shape index (κ2) is 3.82. The Balaban J connectivity index is 2.14. The first-order valence-corrected chi connectivity index (χ1v) is 5.22.